The number of benzene rings is 3. The fourth-order valence-corrected chi connectivity index (χ4v) is 5.59. The standard InChI is InChI=1S/C31H32FNO2.ClH/c32-16-5-17-33-20-23(21-33)18-22-10-12-25(13-11-22)30-28(24-6-2-1-3-7-24)9-4-8-26-19-27(31(34)35)14-15-29(26)30;/h1-3,6-7,10-15,19,23H,4-5,8-9,16-18,20-21H2,(H,34,35);1H. The number of hydrogen-bond donors (Lipinski definition) is 1. The average molecular weight is 506 g/mol. The first kappa shape index (κ1) is 26.1. The lowest BCUT2D eigenvalue weighted by molar-refractivity contribution is 0.0696. The summed E-state index contributed by atoms with van der Waals surface area (Å²) < 4.78 is 12.4. The van der Waals surface area contributed by atoms with E-state index < -0.39 is 5.97 Å². The summed E-state index contributed by atoms with van der Waals surface area (Å²) in [7, 11) is 0. The molecule has 5 heteroatoms. The Bertz CT molecular complexity index is 1220. The normalized spacial score (nSPS) is 16.0. The van der Waals surface area contributed by atoms with Gasteiger partial charge < -0.3 is 10.0 Å². The molecule has 1 fully saturated rings. The minimum atomic E-state index is -0.880. The molecule has 3 aromatic rings. The second-order valence-corrected chi connectivity index (χ2v) is 9.82. The number of aryl methyl sites for hydroxylation is 1. The third-order valence-corrected chi connectivity index (χ3v) is 7.33. The first-order valence-electron chi connectivity index (χ1n) is 12.6. The van der Waals surface area contributed by atoms with Crippen LogP contribution in [0.15, 0.2) is 72.8 Å². The molecule has 36 heavy (non-hydrogen) atoms. The van der Waals surface area contributed by atoms with Crippen molar-refractivity contribution in [1.29, 1.82) is 0 Å². The molecule has 188 valence electrons. The Morgan fingerprint density at radius 2 is 1.69 bits per heavy atom. The molecule has 0 radical (unpaired) electrons. The number of rotatable bonds is 8. The van der Waals surface area contributed by atoms with Gasteiger partial charge in [0.1, 0.15) is 0 Å². The Labute approximate surface area is 219 Å². The molecule has 0 atom stereocenters. The second-order valence-electron chi connectivity index (χ2n) is 9.82. The third-order valence-electron chi connectivity index (χ3n) is 7.33. The van der Waals surface area contributed by atoms with Crippen molar-refractivity contribution in [2.75, 3.05) is 26.3 Å². The highest BCUT2D eigenvalue weighted by Gasteiger charge is 2.26. The molecule has 0 bridgehead atoms. The summed E-state index contributed by atoms with van der Waals surface area (Å²) in [6.07, 6.45) is 4.50. The van der Waals surface area contributed by atoms with Gasteiger partial charge in [0.25, 0.3) is 0 Å². The highest BCUT2D eigenvalue weighted by molar-refractivity contribution is 6.00. The fraction of sp³-hybridized carbons (Fsp3) is 0.323. The van der Waals surface area contributed by atoms with Gasteiger partial charge in [-0.05, 0) is 89.1 Å². The number of carboxylic acids is 1. The largest absolute Gasteiger partial charge is 0.478 e. The molecule has 0 spiro atoms. The molecule has 0 aromatic heterocycles. The zero-order chi connectivity index (χ0) is 24.2. The maximum absolute atomic E-state index is 12.4. The first-order valence-corrected chi connectivity index (χ1v) is 12.6. The van der Waals surface area contributed by atoms with E-state index in [-0.39, 0.29) is 19.1 Å². The zero-order valence-corrected chi connectivity index (χ0v) is 21.3. The molecule has 0 unspecified atom stereocenters. The van der Waals surface area contributed by atoms with Crippen molar-refractivity contribution in [1.82, 2.24) is 4.90 Å². The molecule has 1 heterocycles. The van der Waals surface area contributed by atoms with Gasteiger partial charge in [-0.2, -0.15) is 0 Å². The van der Waals surface area contributed by atoms with E-state index in [1.807, 2.05) is 18.2 Å². The summed E-state index contributed by atoms with van der Waals surface area (Å²) in [6, 6.07) is 25.1. The van der Waals surface area contributed by atoms with Gasteiger partial charge in [-0.15, -0.1) is 12.4 Å². The Hall–Kier alpha value is -2.95. The Morgan fingerprint density at radius 1 is 0.944 bits per heavy atom. The van der Waals surface area contributed by atoms with Crippen molar-refractivity contribution in [3.63, 3.8) is 0 Å². The number of aromatic carboxylic acids is 1. The quantitative estimate of drug-likeness (QED) is 0.360. The van der Waals surface area contributed by atoms with Gasteiger partial charge in [-0.3, -0.25) is 4.39 Å². The number of carbonyl (C=O) groups is 1. The third kappa shape index (κ3) is 5.71. The van der Waals surface area contributed by atoms with Crippen LogP contribution in [0, 0.1) is 5.92 Å². The van der Waals surface area contributed by atoms with Gasteiger partial charge in [0.2, 0.25) is 0 Å². The fourth-order valence-electron chi connectivity index (χ4n) is 5.59. The number of nitrogens with zero attached hydrogens (tertiary/aromatic N) is 1. The van der Waals surface area contributed by atoms with E-state index in [1.165, 1.54) is 27.8 Å². The van der Waals surface area contributed by atoms with Crippen molar-refractivity contribution in [2.24, 2.45) is 5.92 Å². The second kappa shape index (κ2) is 11.9. The topological polar surface area (TPSA) is 40.5 Å². The molecule has 1 aliphatic carbocycles. The first-order chi connectivity index (χ1) is 17.1. The van der Waals surface area contributed by atoms with Gasteiger partial charge in [-0.1, -0.05) is 60.7 Å². The number of likely N-dealkylation sites (tertiary alicyclic amines) is 1. The highest BCUT2D eigenvalue weighted by Crippen LogP contribution is 2.40. The van der Waals surface area contributed by atoms with Gasteiger partial charge in [0.05, 0.1) is 12.2 Å². The zero-order valence-electron chi connectivity index (χ0n) is 20.5. The lowest BCUT2D eigenvalue weighted by Gasteiger charge is -2.39. The summed E-state index contributed by atoms with van der Waals surface area (Å²) in [5, 5.41) is 9.52. The highest BCUT2D eigenvalue weighted by atomic mass is 35.5. The molecule has 1 aliphatic heterocycles. The summed E-state index contributed by atoms with van der Waals surface area (Å²) >= 11 is 0. The summed E-state index contributed by atoms with van der Waals surface area (Å²) in [5.41, 5.74) is 8.88. The Morgan fingerprint density at radius 3 is 2.39 bits per heavy atom. The molecule has 1 saturated heterocycles. The molecule has 2 aliphatic rings. The predicted octanol–water partition coefficient (Wildman–Crippen LogP) is 6.94. The van der Waals surface area contributed by atoms with E-state index in [1.54, 1.807) is 6.07 Å². The molecule has 5 rings (SSSR count). The van der Waals surface area contributed by atoms with Gasteiger partial charge >= 0.3 is 5.97 Å². The van der Waals surface area contributed by atoms with Crippen LogP contribution in [0.3, 0.4) is 0 Å². The van der Waals surface area contributed by atoms with E-state index in [2.05, 4.69) is 53.4 Å². The monoisotopic (exact) mass is 505 g/mol. The van der Waals surface area contributed by atoms with E-state index >= 15 is 0 Å². The number of halogens is 2. The van der Waals surface area contributed by atoms with E-state index in [9.17, 15) is 14.3 Å². The van der Waals surface area contributed by atoms with Gasteiger partial charge in [0, 0.05) is 19.6 Å². The Kier molecular flexibility index (Phi) is 8.60. The van der Waals surface area contributed by atoms with Crippen LogP contribution >= 0.6 is 12.4 Å². The molecule has 0 amide bonds. The van der Waals surface area contributed by atoms with E-state index in [0.717, 1.165) is 56.4 Å². The van der Waals surface area contributed by atoms with Crippen LogP contribution in [0.5, 0.6) is 0 Å². The van der Waals surface area contributed by atoms with Crippen molar-refractivity contribution in [2.45, 2.75) is 32.1 Å². The maximum atomic E-state index is 12.4. The molecule has 1 N–H and O–H groups in total. The van der Waals surface area contributed by atoms with Crippen molar-refractivity contribution in [3.8, 4) is 0 Å². The SMILES string of the molecule is Cl.O=C(O)c1ccc2c(c1)CCCC(c1ccccc1)=C2c1ccc(CC2CN(CCCF)C2)cc1. The number of carboxylic acid groups (broad SMARTS) is 1. The lowest BCUT2D eigenvalue weighted by atomic mass is 9.86. The molecular formula is C31H33ClFNO2. The smallest absolute Gasteiger partial charge is 0.335 e. The van der Waals surface area contributed by atoms with Crippen LogP contribution in [0.1, 0.15) is 57.4 Å². The van der Waals surface area contributed by atoms with Crippen LogP contribution in [0.4, 0.5) is 4.39 Å². The van der Waals surface area contributed by atoms with Crippen LogP contribution in [-0.4, -0.2) is 42.3 Å². The minimum absolute atomic E-state index is 0. The van der Waals surface area contributed by atoms with Crippen LogP contribution in [-0.2, 0) is 12.8 Å². The molecule has 0 saturated carbocycles. The molecular weight excluding hydrogens is 473 g/mol. The molecule has 3 aromatic carbocycles. The van der Waals surface area contributed by atoms with Crippen molar-refractivity contribution >= 4 is 29.5 Å². The van der Waals surface area contributed by atoms with Crippen molar-refractivity contribution in [3.05, 3.63) is 106 Å². The summed E-state index contributed by atoms with van der Waals surface area (Å²) in [6.45, 7) is 2.75. The van der Waals surface area contributed by atoms with E-state index in [4.69, 9.17) is 0 Å². The molecule has 3 nitrogen and oxygen atoms in total. The average Bonchev–Trinajstić information content (AvgIpc) is 3.05. The van der Waals surface area contributed by atoms with E-state index in [0.29, 0.717) is 17.9 Å². The summed E-state index contributed by atoms with van der Waals surface area (Å²) in [4.78, 5) is 13.9. The number of fused-ring (bicyclic) bond motifs is 1. The maximum Gasteiger partial charge on any atom is 0.335 e. The minimum Gasteiger partial charge on any atom is -0.478 e. The summed E-state index contributed by atoms with van der Waals surface area (Å²) in [5.74, 6) is -0.234. The number of hydrogen-bond acceptors (Lipinski definition) is 2. The van der Waals surface area contributed by atoms with Crippen LogP contribution in [0.25, 0.3) is 11.1 Å². The van der Waals surface area contributed by atoms with Crippen molar-refractivity contribution < 1.29 is 14.3 Å². The lowest BCUT2D eigenvalue weighted by Crippen LogP contribution is -2.47. The Balaban J connectivity index is 0.00000304. The van der Waals surface area contributed by atoms with Crippen LogP contribution < -0.4 is 0 Å². The van der Waals surface area contributed by atoms with Gasteiger partial charge in [-0.25, -0.2) is 4.79 Å². The number of alkyl halides is 1. The number of allylic oxidation sites excluding steroid dienone is 1. The van der Waals surface area contributed by atoms with Gasteiger partial charge in [0.15, 0.2) is 0 Å². The van der Waals surface area contributed by atoms with Crippen LogP contribution in [0.2, 0.25) is 0 Å². The predicted molar refractivity (Wildman–Crippen MR) is 147 cm³/mol.